The zero-order valence-corrected chi connectivity index (χ0v) is 11.6. The van der Waals surface area contributed by atoms with E-state index in [1.54, 1.807) is 17.6 Å². The van der Waals surface area contributed by atoms with Gasteiger partial charge in [-0.2, -0.15) is 14.7 Å². The molecular formula is C13H14N6O2. The monoisotopic (exact) mass is 286 g/mol. The molecule has 0 aliphatic rings. The van der Waals surface area contributed by atoms with Gasteiger partial charge >= 0.3 is 5.97 Å². The van der Waals surface area contributed by atoms with Crippen molar-refractivity contribution in [1.29, 1.82) is 0 Å². The number of anilines is 1. The first-order chi connectivity index (χ1) is 10.1. The van der Waals surface area contributed by atoms with Crippen LogP contribution in [-0.2, 0) is 4.74 Å². The van der Waals surface area contributed by atoms with E-state index in [1.807, 2.05) is 19.1 Å². The number of carbonyl (C=O) groups excluding carboxylic acids is 1. The summed E-state index contributed by atoms with van der Waals surface area (Å²) in [7, 11) is 0. The van der Waals surface area contributed by atoms with Crippen LogP contribution in [0.4, 0.5) is 5.69 Å². The van der Waals surface area contributed by atoms with Crippen molar-refractivity contribution < 1.29 is 9.53 Å². The van der Waals surface area contributed by atoms with Gasteiger partial charge in [-0.15, -0.1) is 0 Å². The van der Waals surface area contributed by atoms with Gasteiger partial charge in [-0.3, -0.25) is 0 Å². The second-order valence-corrected chi connectivity index (χ2v) is 4.52. The Bertz CT molecular complexity index is 819. The van der Waals surface area contributed by atoms with Crippen LogP contribution >= 0.6 is 0 Å². The first-order valence-corrected chi connectivity index (χ1v) is 6.43. The maximum atomic E-state index is 11.8. The third-order valence-corrected chi connectivity index (χ3v) is 2.95. The zero-order chi connectivity index (χ0) is 15.0. The summed E-state index contributed by atoms with van der Waals surface area (Å²) in [5.41, 5.74) is 7.87. The fourth-order valence-corrected chi connectivity index (χ4v) is 2.06. The van der Waals surface area contributed by atoms with Crippen molar-refractivity contribution in [2.75, 3.05) is 12.3 Å². The van der Waals surface area contributed by atoms with Gasteiger partial charge in [0, 0.05) is 0 Å². The van der Waals surface area contributed by atoms with Crippen LogP contribution in [0.15, 0.2) is 24.7 Å². The van der Waals surface area contributed by atoms with Gasteiger partial charge in [0.2, 0.25) is 0 Å². The first kappa shape index (κ1) is 13.1. The molecule has 8 nitrogen and oxygen atoms in total. The number of nitrogens with two attached hydrogens (primary N) is 1. The number of pyridine rings is 1. The van der Waals surface area contributed by atoms with E-state index in [2.05, 4.69) is 15.2 Å². The van der Waals surface area contributed by atoms with E-state index in [9.17, 15) is 4.79 Å². The molecule has 0 atom stereocenters. The Morgan fingerprint density at radius 2 is 2.24 bits per heavy atom. The van der Waals surface area contributed by atoms with Crippen LogP contribution in [0.5, 0.6) is 0 Å². The molecule has 0 fully saturated rings. The number of nitrogens with zero attached hydrogens (tertiary/aromatic N) is 5. The molecule has 3 aromatic heterocycles. The minimum absolute atomic E-state index is 0.0895. The molecule has 2 N–H and O–H groups in total. The van der Waals surface area contributed by atoms with E-state index in [1.165, 1.54) is 11.0 Å². The summed E-state index contributed by atoms with van der Waals surface area (Å²) in [4.78, 5) is 15.9. The van der Waals surface area contributed by atoms with Crippen molar-refractivity contribution in [3.63, 3.8) is 0 Å². The van der Waals surface area contributed by atoms with Crippen LogP contribution < -0.4 is 5.73 Å². The summed E-state index contributed by atoms with van der Waals surface area (Å²) in [5.74, 6) is 0.0981. The molecule has 0 spiro atoms. The molecule has 0 saturated carbocycles. The number of fused-ring (bicyclic) bond motifs is 1. The molecule has 3 rings (SSSR count). The lowest BCUT2D eigenvalue weighted by Crippen LogP contribution is -2.09. The molecule has 0 bridgehead atoms. The van der Waals surface area contributed by atoms with Crippen LogP contribution in [0.25, 0.3) is 11.5 Å². The van der Waals surface area contributed by atoms with Gasteiger partial charge in [-0.25, -0.2) is 14.5 Å². The van der Waals surface area contributed by atoms with Crippen LogP contribution in [0.2, 0.25) is 0 Å². The van der Waals surface area contributed by atoms with Crippen molar-refractivity contribution >= 4 is 17.3 Å². The number of hydrogen-bond donors (Lipinski definition) is 1. The number of rotatable bonds is 3. The number of hydrogen-bond acceptors (Lipinski definition) is 6. The van der Waals surface area contributed by atoms with Crippen LogP contribution in [-0.4, -0.2) is 37.0 Å². The molecular weight excluding hydrogens is 272 g/mol. The molecule has 21 heavy (non-hydrogen) atoms. The summed E-state index contributed by atoms with van der Waals surface area (Å²) >= 11 is 0. The van der Waals surface area contributed by atoms with Crippen LogP contribution in [0.1, 0.15) is 23.0 Å². The van der Waals surface area contributed by atoms with Crippen molar-refractivity contribution in [3.05, 3.63) is 35.9 Å². The van der Waals surface area contributed by atoms with Gasteiger partial charge in [-0.05, 0) is 31.5 Å². The van der Waals surface area contributed by atoms with Crippen LogP contribution in [0.3, 0.4) is 0 Å². The lowest BCUT2D eigenvalue weighted by molar-refractivity contribution is 0.0520. The van der Waals surface area contributed by atoms with Crippen molar-refractivity contribution in [2.45, 2.75) is 13.8 Å². The van der Waals surface area contributed by atoms with E-state index in [4.69, 9.17) is 10.5 Å². The normalized spacial score (nSPS) is 11.0. The highest BCUT2D eigenvalue weighted by Crippen LogP contribution is 2.17. The summed E-state index contributed by atoms with van der Waals surface area (Å²) in [6.07, 6.45) is 3.01. The second-order valence-electron chi connectivity index (χ2n) is 4.52. The SMILES string of the molecule is CCOC(=O)c1nn(-c2cc(C)cc3ncnn23)cc1N. The van der Waals surface area contributed by atoms with E-state index >= 15 is 0 Å². The summed E-state index contributed by atoms with van der Waals surface area (Å²) < 4.78 is 8.04. The average molecular weight is 286 g/mol. The Labute approximate surface area is 120 Å². The Kier molecular flexibility index (Phi) is 3.05. The molecule has 0 aromatic carbocycles. The molecule has 0 saturated heterocycles. The maximum absolute atomic E-state index is 11.8. The number of aryl methyl sites for hydroxylation is 1. The van der Waals surface area contributed by atoms with Gasteiger partial charge < -0.3 is 10.5 Å². The van der Waals surface area contributed by atoms with Gasteiger partial charge in [-0.1, -0.05) is 0 Å². The molecule has 0 unspecified atom stereocenters. The Balaban J connectivity index is 2.13. The molecule has 3 aromatic rings. The highest BCUT2D eigenvalue weighted by atomic mass is 16.5. The number of esters is 1. The molecule has 0 aliphatic carbocycles. The van der Waals surface area contributed by atoms with Gasteiger partial charge in [0.1, 0.15) is 6.33 Å². The minimum Gasteiger partial charge on any atom is -0.461 e. The standard InChI is InChI=1S/C13H14N6O2/c1-3-21-13(20)12-9(14)6-18(17-12)11-5-8(2)4-10-15-7-16-19(10)11/h4-7H,3,14H2,1-2H3. The van der Waals surface area contributed by atoms with E-state index in [-0.39, 0.29) is 18.0 Å². The fourth-order valence-electron chi connectivity index (χ4n) is 2.06. The summed E-state index contributed by atoms with van der Waals surface area (Å²) in [6.45, 7) is 3.94. The summed E-state index contributed by atoms with van der Waals surface area (Å²) in [5, 5.41) is 8.34. The Morgan fingerprint density at radius 3 is 3.00 bits per heavy atom. The maximum Gasteiger partial charge on any atom is 0.361 e. The molecule has 0 amide bonds. The van der Waals surface area contributed by atoms with Crippen LogP contribution in [0, 0.1) is 6.92 Å². The Hall–Kier alpha value is -2.90. The third-order valence-electron chi connectivity index (χ3n) is 2.95. The smallest absolute Gasteiger partial charge is 0.361 e. The number of carbonyl (C=O) groups is 1. The summed E-state index contributed by atoms with van der Waals surface area (Å²) in [6, 6.07) is 3.78. The molecule has 108 valence electrons. The second kappa shape index (κ2) is 4.89. The van der Waals surface area contributed by atoms with Gasteiger partial charge in [0.15, 0.2) is 17.2 Å². The minimum atomic E-state index is -0.545. The van der Waals surface area contributed by atoms with Gasteiger partial charge in [0.05, 0.1) is 18.5 Å². The van der Waals surface area contributed by atoms with E-state index in [0.29, 0.717) is 11.5 Å². The Morgan fingerprint density at radius 1 is 1.43 bits per heavy atom. The molecule has 0 aliphatic heterocycles. The predicted octanol–water partition coefficient (Wildman–Crippen LogP) is 0.982. The first-order valence-electron chi connectivity index (χ1n) is 6.43. The highest BCUT2D eigenvalue weighted by Gasteiger charge is 2.18. The topological polar surface area (TPSA) is 100 Å². The fraction of sp³-hybridized carbons (Fsp3) is 0.231. The quantitative estimate of drug-likeness (QED) is 0.720. The van der Waals surface area contributed by atoms with E-state index < -0.39 is 5.97 Å². The average Bonchev–Trinajstić information content (AvgIpc) is 3.04. The number of ether oxygens (including phenoxy) is 1. The lowest BCUT2D eigenvalue weighted by atomic mass is 10.3. The predicted molar refractivity (Wildman–Crippen MR) is 75.2 cm³/mol. The van der Waals surface area contributed by atoms with Gasteiger partial charge in [0.25, 0.3) is 0 Å². The molecule has 0 radical (unpaired) electrons. The number of aromatic nitrogens is 5. The zero-order valence-electron chi connectivity index (χ0n) is 11.6. The van der Waals surface area contributed by atoms with Crippen molar-refractivity contribution in [2.24, 2.45) is 0 Å². The molecule has 3 heterocycles. The molecule has 8 heteroatoms. The number of nitrogen functional groups attached to an aromatic ring is 1. The van der Waals surface area contributed by atoms with Crippen molar-refractivity contribution in [3.8, 4) is 5.82 Å². The largest absolute Gasteiger partial charge is 0.461 e. The van der Waals surface area contributed by atoms with Crippen molar-refractivity contribution in [1.82, 2.24) is 24.4 Å². The van der Waals surface area contributed by atoms with E-state index in [0.717, 1.165) is 5.56 Å². The third kappa shape index (κ3) is 2.20. The highest BCUT2D eigenvalue weighted by molar-refractivity contribution is 5.92. The lowest BCUT2D eigenvalue weighted by Gasteiger charge is -2.05.